The second-order valence-electron chi connectivity index (χ2n) is 3.39. The highest BCUT2D eigenvalue weighted by molar-refractivity contribution is 5.86. The van der Waals surface area contributed by atoms with Gasteiger partial charge in [-0.2, -0.15) is 0 Å². The summed E-state index contributed by atoms with van der Waals surface area (Å²) in [5.41, 5.74) is 0. The number of rotatable bonds is 6. The summed E-state index contributed by atoms with van der Waals surface area (Å²) in [5, 5.41) is 5.56. The molecule has 1 amide bonds. The lowest BCUT2D eigenvalue weighted by molar-refractivity contribution is -0.121. The topological polar surface area (TPSA) is 80.6 Å². The summed E-state index contributed by atoms with van der Waals surface area (Å²) in [7, 11) is 3.06. The molecule has 102 valence electrons. The van der Waals surface area contributed by atoms with Gasteiger partial charge in [0.05, 0.1) is 13.7 Å². The van der Waals surface area contributed by atoms with Gasteiger partial charge in [0.25, 0.3) is 0 Å². The quantitative estimate of drug-likeness (QED) is 0.748. The van der Waals surface area contributed by atoms with Gasteiger partial charge in [-0.05, 0) is 19.2 Å². The Bertz CT molecular complexity index is 392. The second kappa shape index (κ2) is 8.54. The standard InChI is InChI=1S/C11H16N2O4.ClH/c1-12-6-5-10(14)13-7-8-3-4-9(17-8)11(15)16-2;/h3-4,12H,5-7H2,1-2H3,(H,13,14);1H. The monoisotopic (exact) mass is 276 g/mol. The maximum Gasteiger partial charge on any atom is 0.373 e. The van der Waals surface area contributed by atoms with Crippen LogP contribution in [0.15, 0.2) is 16.5 Å². The normalized spacial score (nSPS) is 9.44. The number of ether oxygens (including phenoxy) is 1. The summed E-state index contributed by atoms with van der Waals surface area (Å²) in [6, 6.07) is 3.14. The molecule has 1 heterocycles. The van der Waals surface area contributed by atoms with Crippen LogP contribution in [0.1, 0.15) is 22.7 Å². The average molecular weight is 277 g/mol. The highest BCUT2D eigenvalue weighted by atomic mass is 35.5. The Balaban J connectivity index is 0.00000289. The van der Waals surface area contributed by atoms with E-state index in [1.165, 1.54) is 13.2 Å². The molecule has 0 atom stereocenters. The second-order valence-corrected chi connectivity index (χ2v) is 3.39. The van der Waals surface area contributed by atoms with Crippen molar-refractivity contribution in [1.82, 2.24) is 10.6 Å². The van der Waals surface area contributed by atoms with Crippen molar-refractivity contribution in [3.63, 3.8) is 0 Å². The fourth-order valence-corrected chi connectivity index (χ4v) is 1.20. The number of hydrogen-bond donors (Lipinski definition) is 2. The zero-order valence-electron chi connectivity index (χ0n) is 10.3. The van der Waals surface area contributed by atoms with Crippen LogP contribution >= 0.6 is 12.4 Å². The van der Waals surface area contributed by atoms with Crippen LogP contribution in [0.2, 0.25) is 0 Å². The summed E-state index contributed by atoms with van der Waals surface area (Å²) < 4.78 is 9.69. The third kappa shape index (κ3) is 5.20. The third-order valence-electron chi connectivity index (χ3n) is 2.11. The smallest absolute Gasteiger partial charge is 0.373 e. The number of nitrogens with one attached hydrogen (secondary N) is 2. The van der Waals surface area contributed by atoms with E-state index in [0.717, 1.165) is 0 Å². The maximum atomic E-state index is 11.3. The first-order chi connectivity index (χ1) is 8.17. The predicted octanol–water partition coefficient (Wildman–Crippen LogP) is 0.714. The minimum Gasteiger partial charge on any atom is -0.463 e. The average Bonchev–Trinajstić information content (AvgIpc) is 2.81. The molecule has 0 aliphatic carbocycles. The van der Waals surface area contributed by atoms with E-state index in [4.69, 9.17) is 4.42 Å². The van der Waals surface area contributed by atoms with Crippen LogP contribution in [0.25, 0.3) is 0 Å². The fraction of sp³-hybridized carbons (Fsp3) is 0.455. The molecular weight excluding hydrogens is 260 g/mol. The Hall–Kier alpha value is -1.53. The molecule has 0 saturated heterocycles. The lowest BCUT2D eigenvalue weighted by Gasteiger charge is -2.02. The van der Waals surface area contributed by atoms with Gasteiger partial charge in [-0.1, -0.05) is 0 Å². The van der Waals surface area contributed by atoms with E-state index >= 15 is 0 Å². The molecule has 0 aliphatic heterocycles. The van der Waals surface area contributed by atoms with Gasteiger partial charge in [0.2, 0.25) is 11.7 Å². The Morgan fingerprint density at radius 2 is 2.11 bits per heavy atom. The Labute approximate surface area is 111 Å². The molecule has 18 heavy (non-hydrogen) atoms. The summed E-state index contributed by atoms with van der Waals surface area (Å²) in [6.45, 7) is 0.886. The molecule has 0 spiro atoms. The first-order valence-corrected chi connectivity index (χ1v) is 5.25. The molecule has 0 aromatic carbocycles. The Kier molecular flexibility index (Phi) is 7.82. The number of methoxy groups -OCH3 is 1. The number of carbonyl (C=O) groups is 2. The van der Waals surface area contributed by atoms with Crippen LogP contribution in [0, 0.1) is 0 Å². The summed E-state index contributed by atoms with van der Waals surface area (Å²) in [4.78, 5) is 22.4. The van der Waals surface area contributed by atoms with Gasteiger partial charge in [-0.3, -0.25) is 4.79 Å². The van der Waals surface area contributed by atoms with Crippen LogP contribution in [-0.2, 0) is 16.1 Å². The predicted molar refractivity (Wildman–Crippen MR) is 67.7 cm³/mol. The minimum atomic E-state index is -0.530. The van der Waals surface area contributed by atoms with E-state index in [1.807, 2.05) is 0 Å². The van der Waals surface area contributed by atoms with Crippen LogP contribution in [0.4, 0.5) is 0 Å². The van der Waals surface area contributed by atoms with E-state index in [1.54, 1.807) is 13.1 Å². The minimum absolute atomic E-state index is 0. The molecule has 0 radical (unpaired) electrons. The first kappa shape index (κ1) is 16.5. The number of amides is 1. The van der Waals surface area contributed by atoms with E-state index in [-0.39, 0.29) is 30.6 Å². The van der Waals surface area contributed by atoms with Gasteiger partial charge in [0, 0.05) is 13.0 Å². The molecule has 7 heteroatoms. The highest BCUT2D eigenvalue weighted by Gasteiger charge is 2.11. The fourth-order valence-electron chi connectivity index (χ4n) is 1.20. The molecule has 0 fully saturated rings. The molecule has 6 nitrogen and oxygen atoms in total. The Morgan fingerprint density at radius 1 is 1.39 bits per heavy atom. The molecule has 0 saturated carbocycles. The first-order valence-electron chi connectivity index (χ1n) is 5.25. The molecule has 0 unspecified atom stereocenters. The molecule has 1 aromatic rings. The highest BCUT2D eigenvalue weighted by Crippen LogP contribution is 2.08. The number of hydrogen-bond acceptors (Lipinski definition) is 5. The zero-order valence-corrected chi connectivity index (χ0v) is 11.1. The van der Waals surface area contributed by atoms with Crippen LogP contribution in [-0.4, -0.2) is 32.6 Å². The van der Waals surface area contributed by atoms with Crippen LogP contribution in [0.3, 0.4) is 0 Å². The van der Waals surface area contributed by atoms with Crippen molar-refractivity contribution >= 4 is 24.3 Å². The SMILES string of the molecule is CNCCC(=O)NCc1ccc(C(=O)OC)o1.Cl. The van der Waals surface area contributed by atoms with E-state index < -0.39 is 5.97 Å². The molecule has 1 rings (SSSR count). The Morgan fingerprint density at radius 3 is 2.72 bits per heavy atom. The van der Waals surface area contributed by atoms with Gasteiger partial charge < -0.3 is 19.8 Å². The lowest BCUT2D eigenvalue weighted by atomic mass is 10.3. The summed E-state index contributed by atoms with van der Waals surface area (Å²) in [5.74, 6) is 0.0447. The summed E-state index contributed by atoms with van der Waals surface area (Å²) in [6.07, 6.45) is 0.404. The number of carbonyl (C=O) groups excluding carboxylic acids is 2. The number of halogens is 1. The van der Waals surface area contributed by atoms with Crippen molar-refractivity contribution in [2.45, 2.75) is 13.0 Å². The van der Waals surface area contributed by atoms with Gasteiger partial charge in [0.1, 0.15) is 5.76 Å². The van der Waals surface area contributed by atoms with Crippen molar-refractivity contribution in [2.75, 3.05) is 20.7 Å². The van der Waals surface area contributed by atoms with Crippen LogP contribution < -0.4 is 10.6 Å². The maximum absolute atomic E-state index is 11.3. The van der Waals surface area contributed by atoms with Gasteiger partial charge in [-0.15, -0.1) is 12.4 Å². The number of furan rings is 1. The molecule has 1 aromatic heterocycles. The van der Waals surface area contributed by atoms with Gasteiger partial charge in [0.15, 0.2) is 0 Å². The largest absolute Gasteiger partial charge is 0.463 e. The van der Waals surface area contributed by atoms with Crippen LogP contribution in [0.5, 0.6) is 0 Å². The van der Waals surface area contributed by atoms with E-state index in [9.17, 15) is 9.59 Å². The van der Waals surface area contributed by atoms with Crippen molar-refractivity contribution < 1.29 is 18.7 Å². The van der Waals surface area contributed by atoms with Crippen molar-refractivity contribution in [2.24, 2.45) is 0 Å². The van der Waals surface area contributed by atoms with E-state index in [0.29, 0.717) is 18.7 Å². The molecule has 0 aliphatic rings. The van der Waals surface area contributed by atoms with Gasteiger partial charge in [-0.25, -0.2) is 4.79 Å². The lowest BCUT2D eigenvalue weighted by Crippen LogP contribution is -2.25. The van der Waals surface area contributed by atoms with Crippen molar-refractivity contribution in [3.05, 3.63) is 23.7 Å². The molecular formula is C11H17ClN2O4. The van der Waals surface area contributed by atoms with Crippen molar-refractivity contribution in [3.8, 4) is 0 Å². The van der Waals surface area contributed by atoms with Crippen molar-refractivity contribution in [1.29, 1.82) is 0 Å². The summed E-state index contributed by atoms with van der Waals surface area (Å²) >= 11 is 0. The number of esters is 1. The van der Waals surface area contributed by atoms with E-state index in [2.05, 4.69) is 15.4 Å². The molecule has 2 N–H and O–H groups in total. The zero-order chi connectivity index (χ0) is 12.7. The molecule has 0 bridgehead atoms. The third-order valence-corrected chi connectivity index (χ3v) is 2.11. The van der Waals surface area contributed by atoms with Gasteiger partial charge >= 0.3 is 5.97 Å².